The summed E-state index contributed by atoms with van der Waals surface area (Å²) in [6.07, 6.45) is 2.54. The zero-order valence-corrected chi connectivity index (χ0v) is 8.12. The molecule has 0 saturated carbocycles. The summed E-state index contributed by atoms with van der Waals surface area (Å²) < 4.78 is 0. The molecule has 1 unspecified atom stereocenters. The maximum atomic E-state index is 10.9. The van der Waals surface area contributed by atoms with Gasteiger partial charge in [0.05, 0.1) is 0 Å². The summed E-state index contributed by atoms with van der Waals surface area (Å²) in [7, 11) is 0. The highest BCUT2D eigenvalue weighted by Gasteiger charge is 2.38. The summed E-state index contributed by atoms with van der Waals surface area (Å²) in [5.74, 6) is -0.867. The molecule has 0 aliphatic carbocycles. The molecule has 0 radical (unpaired) electrons. The number of piperidine rings is 1. The molecule has 0 aromatic carbocycles. The van der Waals surface area contributed by atoms with Gasteiger partial charge in [0.25, 0.3) is 0 Å². The van der Waals surface area contributed by atoms with Gasteiger partial charge in [0, 0.05) is 6.54 Å². The predicted octanol–water partition coefficient (Wildman–Crippen LogP) is 0.274. The molecule has 0 amide bonds. The van der Waals surface area contributed by atoms with Crippen LogP contribution in [0.4, 0.5) is 0 Å². The highest BCUT2D eigenvalue weighted by atomic mass is 16.4. The molecule has 1 fully saturated rings. The Morgan fingerprint density at radius 2 is 2.38 bits per heavy atom. The van der Waals surface area contributed by atoms with Crippen molar-refractivity contribution in [3.8, 4) is 0 Å². The average Bonchev–Trinajstić information content (AvgIpc) is 2.04. The molecule has 1 aliphatic heterocycles. The third kappa shape index (κ3) is 2.42. The summed E-state index contributed by atoms with van der Waals surface area (Å²) in [6.45, 7) is 4.52. The van der Waals surface area contributed by atoms with Crippen molar-refractivity contribution in [2.24, 2.45) is 5.73 Å². The van der Waals surface area contributed by atoms with Crippen molar-refractivity contribution >= 4 is 5.97 Å². The van der Waals surface area contributed by atoms with Gasteiger partial charge >= 0.3 is 5.97 Å². The molecule has 0 aromatic heterocycles. The van der Waals surface area contributed by atoms with Gasteiger partial charge in [-0.2, -0.15) is 0 Å². The van der Waals surface area contributed by atoms with Crippen molar-refractivity contribution in [1.29, 1.82) is 0 Å². The lowest BCUT2D eigenvalue weighted by Crippen LogP contribution is -2.59. The van der Waals surface area contributed by atoms with Crippen LogP contribution in [0.25, 0.3) is 0 Å². The Hall–Kier alpha value is -0.610. The van der Waals surface area contributed by atoms with E-state index >= 15 is 0 Å². The van der Waals surface area contributed by atoms with Gasteiger partial charge in [-0.05, 0) is 32.4 Å². The minimum atomic E-state index is -1.01. The zero-order valence-electron chi connectivity index (χ0n) is 8.12. The first-order valence-corrected chi connectivity index (χ1v) is 4.83. The molecular weight excluding hydrogens is 168 g/mol. The second-order valence-corrected chi connectivity index (χ2v) is 3.84. The first-order valence-electron chi connectivity index (χ1n) is 4.83. The first kappa shape index (κ1) is 10.5. The van der Waals surface area contributed by atoms with Crippen LogP contribution in [0.2, 0.25) is 0 Å². The molecule has 0 bridgehead atoms. The van der Waals surface area contributed by atoms with E-state index in [9.17, 15) is 4.79 Å². The molecule has 4 nitrogen and oxygen atoms in total. The summed E-state index contributed by atoms with van der Waals surface area (Å²) in [5.41, 5.74) is 4.77. The van der Waals surface area contributed by atoms with Crippen molar-refractivity contribution in [3.63, 3.8) is 0 Å². The fourth-order valence-corrected chi connectivity index (χ4v) is 1.86. The molecule has 1 atom stereocenters. The molecule has 13 heavy (non-hydrogen) atoms. The van der Waals surface area contributed by atoms with E-state index in [-0.39, 0.29) is 0 Å². The maximum Gasteiger partial charge on any atom is 0.325 e. The predicted molar refractivity (Wildman–Crippen MR) is 50.5 cm³/mol. The second kappa shape index (κ2) is 4.07. The fourth-order valence-electron chi connectivity index (χ4n) is 1.86. The number of hydrogen-bond acceptors (Lipinski definition) is 3. The number of likely N-dealkylation sites (tertiary alicyclic amines) is 1. The van der Waals surface area contributed by atoms with E-state index < -0.39 is 11.5 Å². The number of carboxylic acid groups (broad SMARTS) is 1. The molecule has 1 rings (SSSR count). The number of carbonyl (C=O) groups is 1. The van der Waals surface area contributed by atoms with Crippen LogP contribution in [0.15, 0.2) is 0 Å². The molecule has 1 aliphatic rings. The van der Waals surface area contributed by atoms with Crippen LogP contribution < -0.4 is 5.73 Å². The van der Waals surface area contributed by atoms with Crippen LogP contribution >= 0.6 is 0 Å². The van der Waals surface area contributed by atoms with Gasteiger partial charge in [0.15, 0.2) is 0 Å². The lowest BCUT2D eigenvalue weighted by atomic mass is 9.90. The highest BCUT2D eigenvalue weighted by Crippen LogP contribution is 2.18. The van der Waals surface area contributed by atoms with Gasteiger partial charge in [-0.15, -0.1) is 0 Å². The minimum Gasteiger partial charge on any atom is -0.480 e. The summed E-state index contributed by atoms with van der Waals surface area (Å²) in [6, 6.07) is 0. The summed E-state index contributed by atoms with van der Waals surface area (Å²) in [5, 5.41) is 8.93. The van der Waals surface area contributed by atoms with Gasteiger partial charge < -0.3 is 15.7 Å². The van der Waals surface area contributed by atoms with Gasteiger partial charge in [-0.1, -0.05) is 6.92 Å². The van der Waals surface area contributed by atoms with Gasteiger partial charge in [0.2, 0.25) is 0 Å². The molecule has 0 aromatic rings. The van der Waals surface area contributed by atoms with Crippen molar-refractivity contribution in [2.75, 3.05) is 19.6 Å². The number of carboxylic acids is 1. The lowest BCUT2D eigenvalue weighted by Gasteiger charge is -2.37. The van der Waals surface area contributed by atoms with Crippen LogP contribution in [0.5, 0.6) is 0 Å². The Morgan fingerprint density at radius 3 is 2.92 bits per heavy atom. The Kier molecular flexibility index (Phi) is 3.27. The quantitative estimate of drug-likeness (QED) is 0.664. The smallest absolute Gasteiger partial charge is 0.325 e. The van der Waals surface area contributed by atoms with Crippen molar-refractivity contribution in [2.45, 2.75) is 31.7 Å². The van der Waals surface area contributed by atoms with Crippen molar-refractivity contribution < 1.29 is 9.90 Å². The standard InChI is InChI=1S/C9H18N2O2/c1-2-5-11-6-3-4-9(10,7-11)8(12)13/h2-7,10H2,1H3,(H,12,13). The molecule has 3 N–H and O–H groups in total. The largest absolute Gasteiger partial charge is 0.480 e. The van der Waals surface area contributed by atoms with Crippen LogP contribution in [-0.2, 0) is 4.79 Å². The van der Waals surface area contributed by atoms with Gasteiger partial charge in [-0.3, -0.25) is 4.79 Å². The Labute approximate surface area is 78.7 Å². The second-order valence-electron chi connectivity index (χ2n) is 3.84. The normalized spacial score (nSPS) is 30.3. The van der Waals surface area contributed by atoms with Crippen LogP contribution in [0, 0.1) is 0 Å². The maximum absolute atomic E-state index is 10.9. The molecule has 0 spiro atoms. The van der Waals surface area contributed by atoms with E-state index in [0.29, 0.717) is 13.0 Å². The van der Waals surface area contributed by atoms with Crippen LogP contribution in [-0.4, -0.2) is 41.1 Å². The van der Waals surface area contributed by atoms with E-state index in [1.165, 1.54) is 0 Å². The zero-order chi connectivity index (χ0) is 9.90. The third-order valence-corrected chi connectivity index (χ3v) is 2.57. The Morgan fingerprint density at radius 1 is 1.69 bits per heavy atom. The van der Waals surface area contributed by atoms with Crippen molar-refractivity contribution in [1.82, 2.24) is 4.90 Å². The lowest BCUT2D eigenvalue weighted by molar-refractivity contribution is -0.145. The average molecular weight is 186 g/mol. The summed E-state index contributed by atoms with van der Waals surface area (Å²) in [4.78, 5) is 13.0. The third-order valence-electron chi connectivity index (χ3n) is 2.57. The topological polar surface area (TPSA) is 66.6 Å². The van der Waals surface area contributed by atoms with E-state index in [4.69, 9.17) is 10.8 Å². The number of nitrogens with two attached hydrogens (primary N) is 1. The SMILES string of the molecule is CCCN1CCCC(N)(C(=O)O)C1. The fraction of sp³-hybridized carbons (Fsp3) is 0.889. The number of nitrogens with zero attached hydrogens (tertiary/aromatic N) is 1. The molecule has 76 valence electrons. The summed E-state index contributed by atoms with van der Waals surface area (Å²) >= 11 is 0. The van der Waals surface area contributed by atoms with Gasteiger partial charge in [-0.25, -0.2) is 0 Å². The molecular formula is C9H18N2O2. The minimum absolute atomic E-state index is 0.496. The van der Waals surface area contributed by atoms with E-state index in [1.54, 1.807) is 0 Å². The molecule has 1 heterocycles. The van der Waals surface area contributed by atoms with E-state index in [1.807, 2.05) is 0 Å². The number of rotatable bonds is 3. The number of aliphatic carboxylic acids is 1. The van der Waals surface area contributed by atoms with Crippen molar-refractivity contribution in [3.05, 3.63) is 0 Å². The molecule has 4 heteroatoms. The van der Waals surface area contributed by atoms with E-state index in [0.717, 1.165) is 25.9 Å². The monoisotopic (exact) mass is 186 g/mol. The number of hydrogen-bond donors (Lipinski definition) is 2. The molecule has 1 saturated heterocycles. The van der Waals surface area contributed by atoms with Gasteiger partial charge in [0.1, 0.15) is 5.54 Å². The highest BCUT2D eigenvalue weighted by molar-refractivity contribution is 5.78. The Balaban J connectivity index is 2.54. The van der Waals surface area contributed by atoms with Crippen LogP contribution in [0.3, 0.4) is 0 Å². The Bertz CT molecular complexity index is 194. The first-order chi connectivity index (χ1) is 6.08. The van der Waals surface area contributed by atoms with Crippen LogP contribution in [0.1, 0.15) is 26.2 Å². The van der Waals surface area contributed by atoms with E-state index in [2.05, 4.69) is 11.8 Å².